The van der Waals surface area contributed by atoms with Gasteiger partial charge in [-0.05, 0) is 36.4 Å². The fraction of sp³-hybridized carbons (Fsp3) is 0.0625. The number of carbonyl (C=O) groups excluding carboxylic acids is 3. The molecule has 0 spiro atoms. The summed E-state index contributed by atoms with van der Waals surface area (Å²) in [7, 11) is 0. The highest BCUT2D eigenvalue weighted by Gasteiger charge is 2.36. The maximum Gasteiger partial charge on any atom is 0.280 e. The molecule has 23 heavy (non-hydrogen) atoms. The van der Waals surface area contributed by atoms with E-state index in [-0.39, 0.29) is 17.7 Å². The number of hydrazine groups is 1. The monoisotopic (exact) mass is 330 g/mol. The standard InChI is InChI=1S/C16H11ClN2O4/c17-10-5-7-11(8-6-10)23-9-14(20)18-19-15(21)12-3-1-2-4-13(12)16(19)22/h1-8H,9H2,(H,18,20). The third-order valence-corrected chi connectivity index (χ3v) is 3.47. The molecule has 0 radical (unpaired) electrons. The Morgan fingerprint density at radius 1 is 1.00 bits per heavy atom. The Hall–Kier alpha value is -2.86. The average Bonchev–Trinajstić information content (AvgIpc) is 2.80. The Balaban J connectivity index is 1.62. The van der Waals surface area contributed by atoms with Gasteiger partial charge in [0.05, 0.1) is 11.1 Å². The lowest BCUT2D eigenvalue weighted by molar-refractivity contribution is -0.126. The number of amides is 3. The van der Waals surface area contributed by atoms with Crippen LogP contribution in [0.3, 0.4) is 0 Å². The van der Waals surface area contributed by atoms with Gasteiger partial charge < -0.3 is 4.74 Å². The maximum atomic E-state index is 12.1. The summed E-state index contributed by atoms with van der Waals surface area (Å²) in [6.45, 7) is -0.338. The van der Waals surface area contributed by atoms with Gasteiger partial charge >= 0.3 is 0 Å². The number of fused-ring (bicyclic) bond motifs is 1. The highest BCUT2D eigenvalue weighted by molar-refractivity contribution is 6.30. The molecule has 0 aromatic heterocycles. The summed E-state index contributed by atoms with van der Waals surface area (Å²) in [4.78, 5) is 36.1. The molecule has 0 saturated carbocycles. The molecular weight excluding hydrogens is 320 g/mol. The van der Waals surface area contributed by atoms with Gasteiger partial charge in [0, 0.05) is 5.02 Å². The summed E-state index contributed by atoms with van der Waals surface area (Å²) in [6, 6.07) is 12.8. The maximum absolute atomic E-state index is 12.1. The van der Waals surface area contributed by atoms with Gasteiger partial charge in [0.15, 0.2) is 6.61 Å². The number of hydrogen-bond acceptors (Lipinski definition) is 4. The minimum atomic E-state index is -0.616. The fourth-order valence-corrected chi connectivity index (χ4v) is 2.25. The van der Waals surface area contributed by atoms with Gasteiger partial charge in [-0.1, -0.05) is 23.7 Å². The molecule has 2 aromatic rings. The van der Waals surface area contributed by atoms with Gasteiger partial charge in [-0.2, -0.15) is 5.01 Å². The summed E-state index contributed by atoms with van der Waals surface area (Å²) in [6.07, 6.45) is 0. The summed E-state index contributed by atoms with van der Waals surface area (Å²) < 4.78 is 5.26. The van der Waals surface area contributed by atoms with Crippen LogP contribution in [0.5, 0.6) is 5.75 Å². The van der Waals surface area contributed by atoms with Gasteiger partial charge in [0.2, 0.25) is 0 Å². The smallest absolute Gasteiger partial charge is 0.280 e. The Morgan fingerprint density at radius 2 is 1.57 bits per heavy atom. The average molecular weight is 331 g/mol. The van der Waals surface area contributed by atoms with Gasteiger partial charge in [0.25, 0.3) is 17.7 Å². The van der Waals surface area contributed by atoms with E-state index in [0.29, 0.717) is 15.8 Å². The normalized spacial score (nSPS) is 13.0. The van der Waals surface area contributed by atoms with Gasteiger partial charge in [0.1, 0.15) is 5.75 Å². The third kappa shape index (κ3) is 3.02. The van der Waals surface area contributed by atoms with Crippen molar-refractivity contribution >= 4 is 29.3 Å². The van der Waals surface area contributed by atoms with Crippen molar-refractivity contribution in [3.63, 3.8) is 0 Å². The summed E-state index contributed by atoms with van der Waals surface area (Å²) in [5.74, 6) is -1.29. The van der Waals surface area contributed by atoms with Gasteiger partial charge in [-0.15, -0.1) is 0 Å². The number of imide groups is 1. The second-order valence-electron chi connectivity index (χ2n) is 4.77. The van der Waals surface area contributed by atoms with E-state index in [2.05, 4.69) is 5.43 Å². The Labute approximate surface area is 136 Å². The van der Waals surface area contributed by atoms with Crippen molar-refractivity contribution in [2.45, 2.75) is 0 Å². The van der Waals surface area contributed by atoms with Crippen LogP contribution in [0.25, 0.3) is 0 Å². The van der Waals surface area contributed by atoms with Crippen molar-refractivity contribution in [1.82, 2.24) is 10.4 Å². The predicted molar refractivity (Wildman–Crippen MR) is 82.0 cm³/mol. The summed E-state index contributed by atoms with van der Waals surface area (Å²) >= 11 is 5.75. The van der Waals surface area contributed by atoms with Gasteiger partial charge in [-0.3, -0.25) is 19.8 Å². The number of nitrogens with one attached hydrogen (secondary N) is 1. The van der Waals surface area contributed by atoms with Crippen LogP contribution in [0.4, 0.5) is 0 Å². The second kappa shape index (κ2) is 6.10. The van der Waals surface area contributed by atoms with Crippen molar-refractivity contribution in [3.05, 3.63) is 64.7 Å². The molecule has 0 unspecified atom stereocenters. The summed E-state index contributed by atoms with van der Waals surface area (Å²) in [5, 5.41) is 1.24. The zero-order valence-electron chi connectivity index (χ0n) is 11.8. The Morgan fingerprint density at radius 3 is 2.13 bits per heavy atom. The molecule has 0 aliphatic carbocycles. The number of benzene rings is 2. The molecule has 0 saturated heterocycles. The number of carbonyl (C=O) groups is 3. The molecule has 0 bridgehead atoms. The third-order valence-electron chi connectivity index (χ3n) is 3.21. The van der Waals surface area contributed by atoms with Crippen molar-refractivity contribution in [2.75, 3.05) is 6.61 Å². The summed E-state index contributed by atoms with van der Waals surface area (Å²) in [5.41, 5.74) is 2.77. The molecule has 7 heteroatoms. The first kappa shape index (κ1) is 15.1. The van der Waals surface area contributed by atoms with Crippen LogP contribution in [0, 0.1) is 0 Å². The number of halogens is 1. The Kier molecular flexibility index (Phi) is 3.99. The molecule has 0 fully saturated rings. The number of ether oxygens (including phenoxy) is 1. The van der Waals surface area contributed by atoms with Crippen LogP contribution < -0.4 is 10.2 Å². The topological polar surface area (TPSA) is 75.7 Å². The van der Waals surface area contributed by atoms with E-state index in [1.807, 2.05) is 0 Å². The molecular formula is C16H11ClN2O4. The first-order valence-corrected chi connectivity index (χ1v) is 7.10. The van der Waals surface area contributed by atoms with E-state index in [9.17, 15) is 14.4 Å². The number of nitrogens with zero attached hydrogens (tertiary/aromatic N) is 1. The lowest BCUT2D eigenvalue weighted by Gasteiger charge is -2.15. The van der Waals surface area contributed by atoms with E-state index in [0.717, 1.165) is 0 Å². The van der Waals surface area contributed by atoms with Crippen LogP contribution in [-0.4, -0.2) is 29.3 Å². The molecule has 6 nitrogen and oxygen atoms in total. The SMILES string of the molecule is O=C(COc1ccc(Cl)cc1)NN1C(=O)c2ccccc2C1=O. The number of rotatable bonds is 4. The molecule has 3 amide bonds. The molecule has 0 atom stereocenters. The highest BCUT2D eigenvalue weighted by Crippen LogP contribution is 2.20. The second-order valence-corrected chi connectivity index (χ2v) is 5.21. The Bertz CT molecular complexity index is 754. The largest absolute Gasteiger partial charge is 0.484 e. The molecule has 1 heterocycles. The van der Waals surface area contributed by atoms with Crippen molar-refractivity contribution in [1.29, 1.82) is 0 Å². The molecule has 3 rings (SSSR count). The molecule has 2 aromatic carbocycles. The van der Waals surface area contributed by atoms with Crippen LogP contribution in [0.15, 0.2) is 48.5 Å². The van der Waals surface area contributed by atoms with E-state index in [1.54, 1.807) is 36.4 Å². The minimum absolute atomic E-state index is 0.261. The molecule has 1 aliphatic rings. The van der Waals surface area contributed by atoms with Crippen molar-refractivity contribution in [2.24, 2.45) is 0 Å². The van der Waals surface area contributed by atoms with Crippen molar-refractivity contribution < 1.29 is 19.1 Å². The van der Waals surface area contributed by atoms with E-state index >= 15 is 0 Å². The molecule has 1 N–H and O–H groups in total. The van der Waals surface area contributed by atoms with E-state index in [1.165, 1.54) is 12.1 Å². The molecule has 1 aliphatic heterocycles. The van der Waals surface area contributed by atoms with Crippen LogP contribution in [0.2, 0.25) is 5.02 Å². The van der Waals surface area contributed by atoms with Gasteiger partial charge in [-0.25, -0.2) is 0 Å². The zero-order chi connectivity index (χ0) is 16.4. The van der Waals surface area contributed by atoms with Crippen molar-refractivity contribution in [3.8, 4) is 5.75 Å². The highest BCUT2D eigenvalue weighted by atomic mass is 35.5. The lowest BCUT2D eigenvalue weighted by atomic mass is 10.1. The zero-order valence-corrected chi connectivity index (χ0v) is 12.5. The number of hydrogen-bond donors (Lipinski definition) is 1. The quantitative estimate of drug-likeness (QED) is 0.870. The van der Waals surface area contributed by atoms with Crippen LogP contribution in [-0.2, 0) is 4.79 Å². The van der Waals surface area contributed by atoms with Crippen LogP contribution >= 0.6 is 11.6 Å². The fourth-order valence-electron chi connectivity index (χ4n) is 2.13. The minimum Gasteiger partial charge on any atom is -0.484 e. The van der Waals surface area contributed by atoms with Crippen LogP contribution in [0.1, 0.15) is 20.7 Å². The van der Waals surface area contributed by atoms with E-state index < -0.39 is 17.7 Å². The van der Waals surface area contributed by atoms with E-state index in [4.69, 9.17) is 16.3 Å². The molecule has 116 valence electrons. The lowest BCUT2D eigenvalue weighted by Crippen LogP contribution is -2.47. The predicted octanol–water partition coefficient (Wildman–Crippen LogP) is 2.05. The first-order chi connectivity index (χ1) is 11.1. The first-order valence-electron chi connectivity index (χ1n) is 6.72.